The van der Waals surface area contributed by atoms with Crippen LogP contribution in [0.3, 0.4) is 0 Å². The summed E-state index contributed by atoms with van der Waals surface area (Å²) in [5.74, 6) is -0.438. The highest BCUT2D eigenvalue weighted by Crippen LogP contribution is 2.28. The SMILES string of the molecule is CNCC1CCCN(S(=O)(=O)c2scnc2C(=O)OC)C1. The first kappa shape index (κ1) is 16.3. The highest BCUT2D eigenvalue weighted by molar-refractivity contribution is 7.91. The van der Waals surface area contributed by atoms with Gasteiger partial charge in [0.1, 0.15) is 0 Å². The Bertz CT molecular complexity index is 597. The normalized spacial score (nSPS) is 20.4. The van der Waals surface area contributed by atoms with Gasteiger partial charge in [0.2, 0.25) is 0 Å². The van der Waals surface area contributed by atoms with Gasteiger partial charge in [-0.05, 0) is 32.4 Å². The van der Waals surface area contributed by atoms with E-state index in [1.165, 1.54) is 16.9 Å². The number of hydrogen-bond donors (Lipinski definition) is 1. The van der Waals surface area contributed by atoms with E-state index in [4.69, 9.17) is 0 Å². The summed E-state index contributed by atoms with van der Waals surface area (Å²) in [5, 5.41) is 3.08. The Labute approximate surface area is 128 Å². The summed E-state index contributed by atoms with van der Waals surface area (Å²) in [7, 11) is -0.632. The van der Waals surface area contributed by atoms with Gasteiger partial charge in [-0.25, -0.2) is 18.2 Å². The molecule has 1 N–H and O–H groups in total. The van der Waals surface area contributed by atoms with Crippen LogP contribution in [-0.2, 0) is 14.8 Å². The van der Waals surface area contributed by atoms with Crippen LogP contribution in [0.4, 0.5) is 0 Å². The summed E-state index contributed by atoms with van der Waals surface area (Å²) in [6.07, 6.45) is 1.82. The van der Waals surface area contributed by atoms with Gasteiger partial charge in [0.25, 0.3) is 10.0 Å². The molecular formula is C12H19N3O4S2. The van der Waals surface area contributed by atoms with Gasteiger partial charge in [-0.1, -0.05) is 0 Å². The number of thiazole rings is 1. The van der Waals surface area contributed by atoms with Crippen molar-refractivity contribution in [3.05, 3.63) is 11.2 Å². The molecule has 1 atom stereocenters. The average molecular weight is 333 g/mol. The Morgan fingerprint density at radius 2 is 2.38 bits per heavy atom. The van der Waals surface area contributed by atoms with Gasteiger partial charge in [0.05, 0.1) is 12.6 Å². The van der Waals surface area contributed by atoms with Gasteiger partial charge in [0.15, 0.2) is 9.90 Å². The van der Waals surface area contributed by atoms with Crippen molar-refractivity contribution in [2.24, 2.45) is 5.92 Å². The molecule has 1 unspecified atom stereocenters. The predicted octanol–water partition coefficient (Wildman–Crippen LogP) is 0.550. The number of esters is 1. The topological polar surface area (TPSA) is 88.6 Å². The second-order valence-electron chi connectivity index (χ2n) is 4.91. The van der Waals surface area contributed by atoms with Crippen LogP contribution in [0.1, 0.15) is 23.3 Å². The first-order chi connectivity index (χ1) is 10.0. The number of ether oxygens (including phenoxy) is 1. The summed E-state index contributed by atoms with van der Waals surface area (Å²) in [6.45, 7) is 1.71. The third-order valence-corrected chi connectivity index (χ3v) is 6.67. The van der Waals surface area contributed by atoms with E-state index in [2.05, 4.69) is 15.0 Å². The molecular weight excluding hydrogens is 314 g/mol. The number of piperidine rings is 1. The van der Waals surface area contributed by atoms with Crippen LogP contribution >= 0.6 is 11.3 Å². The average Bonchev–Trinajstić information content (AvgIpc) is 2.97. The molecule has 0 radical (unpaired) electrons. The maximum Gasteiger partial charge on any atom is 0.358 e. The molecule has 1 aliphatic heterocycles. The molecule has 1 aromatic rings. The monoisotopic (exact) mass is 333 g/mol. The molecule has 1 aliphatic rings. The molecule has 0 aliphatic carbocycles. The van der Waals surface area contributed by atoms with E-state index in [0.29, 0.717) is 13.1 Å². The molecule has 21 heavy (non-hydrogen) atoms. The van der Waals surface area contributed by atoms with Gasteiger partial charge >= 0.3 is 5.97 Å². The van der Waals surface area contributed by atoms with Crippen molar-refractivity contribution in [3.8, 4) is 0 Å². The molecule has 118 valence electrons. The Morgan fingerprint density at radius 1 is 1.62 bits per heavy atom. The number of rotatable bonds is 5. The maximum atomic E-state index is 12.7. The number of sulfonamides is 1. The standard InChI is InChI=1S/C12H19N3O4S2/c1-13-6-9-4-3-5-15(7-9)21(17,18)12-10(11(16)19-2)14-8-20-12/h8-9,13H,3-7H2,1-2H3. The lowest BCUT2D eigenvalue weighted by molar-refractivity contribution is 0.0590. The van der Waals surface area contributed by atoms with Crippen LogP contribution in [0, 0.1) is 5.92 Å². The largest absolute Gasteiger partial charge is 0.464 e. The third-order valence-electron chi connectivity index (χ3n) is 3.46. The molecule has 0 spiro atoms. The van der Waals surface area contributed by atoms with Gasteiger partial charge in [-0.2, -0.15) is 4.31 Å². The van der Waals surface area contributed by atoms with Crippen molar-refractivity contribution in [1.29, 1.82) is 0 Å². The molecule has 7 nitrogen and oxygen atoms in total. The van der Waals surface area contributed by atoms with E-state index < -0.39 is 16.0 Å². The first-order valence-corrected chi connectivity index (χ1v) is 8.99. The van der Waals surface area contributed by atoms with Gasteiger partial charge in [-0.15, -0.1) is 11.3 Å². The summed E-state index contributed by atoms with van der Waals surface area (Å²) >= 11 is 0.951. The second kappa shape index (κ2) is 6.82. The highest BCUT2D eigenvalue weighted by atomic mass is 32.2. The summed E-state index contributed by atoms with van der Waals surface area (Å²) in [6, 6.07) is 0. The fourth-order valence-electron chi connectivity index (χ4n) is 2.47. The fraction of sp³-hybridized carbons (Fsp3) is 0.667. The summed E-state index contributed by atoms with van der Waals surface area (Å²) in [4.78, 5) is 15.4. The van der Waals surface area contributed by atoms with Crippen molar-refractivity contribution >= 4 is 27.3 Å². The Kier molecular flexibility index (Phi) is 5.31. The van der Waals surface area contributed by atoms with Crippen LogP contribution in [-0.4, -0.2) is 57.5 Å². The number of nitrogens with one attached hydrogen (secondary N) is 1. The lowest BCUT2D eigenvalue weighted by Crippen LogP contribution is -2.42. The van der Waals surface area contributed by atoms with Gasteiger partial charge in [0, 0.05) is 13.1 Å². The van der Waals surface area contributed by atoms with Gasteiger partial charge in [-0.3, -0.25) is 0 Å². The number of carbonyl (C=O) groups excluding carboxylic acids is 1. The lowest BCUT2D eigenvalue weighted by Gasteiger charge is -2.31. The molecule has 1 saturated heterocycles. The zero-order chi connectivity index (χ0) is 15.5. The van der Waals surface area contributed by atoms with E-state index in [9.17, 15) is 13.2 Å². The van der Waals surface area contributed by atoms with E-state index in [1.54, 1.807) is 0 Å². The number of hydrogen-bond acceptors (Lipinski definition) is 7. The minimum Gasteiger partial charge on any atom is -0.464 e. The molecule has 2 rings (SSSR count). The van der Waals surface area contributed by atoms with Crippen LogP contribution in [0.25, 0.3) is 0 Å². The number of carbonyl (C=O) groups is 1. The molecule has 9 heteroatoms. The maximum absolute atomic E-state index is 12.7. The predicted molar refractivity (Wildman–Crippen MR) is 78.9 cm³/mol. The van der Waals surface area contributed by atoms with Crippen molar-refractivity contribution in [3.63, 3.8) is 0 Å². The smallest absolute Gasteiger partial charge is 0.358 e. The molecule has 1 aromatic heterocycles. The Balaban J connectivity index is 2.26. The van der Waals surface area contributed by atoms with Crippen LogP contribution in [0.5, 0.6) is 0 Å². The van der Waals surface area contributed by atoms with Crippen LogP contribution in [0.2, 0.25) is 0 Å². The van der Waals surface area contributed by atoms with Crippen molar-refractivity contribution in [2.45, 2.75) is 17.1 Å². The molecule has 0 amide bonds. The Morgan fingerprint density at radius 3 is 3.05 bits per heavy atom. The van der Waals surface area contributed by atoms with Crippen molar-refractivity contribution in [2.75, 3.05) is 33.8 Å². The van der Waals surface area contributed by atoms with E-state index in [1.807, 2.05) is 7.05 Å². The minimum absolute atomic E-state index is 0.0283. The quantitative estimate of drug-likeness (QED) is 0.792. The fourth-order valence-corrected chi connectivity index (χ4v) is 5.29. The first-order valence-electron chi connectivity index (χ1n) is 6.67. The van der Waals surface area contributed by atoms with Crippen LogP contribution < -0.4 is 5.32 Å². The van der Waals surface area contributed by atoms with Gasteiger partial charge < -0.3 is 10.1 Å². The van der Waals surface area contributed by atoms with E-state index in [-0.39, 0.29) is 15.8 Å². The molecule has 0 bridgehead atoms. The molecule has 1 fully saturated rings. The second-order valence-corrected chi connectivity index (χ2v) is 7.90. The van der Waals surface area contributed by atoms with E-state index >= 15 is 0 Å². The molecule has 0 aromatic carbocycles. The molecule has 0 saturated carbocycles. The molecule has 2 heterocycles. The summed E-state index contributed by atoms with van der Waals surface area (Å²) in [5.41, 5.74) is 1.23. The number of nitrogens with zero attached hydrogens (tertiary/aromatic N) is 2. The summed E-state index contributed by atoms with van der Waals surface area (Å²) < 4.78 is 31.4. The third kappa shape index (κ3) is 3.42. The van der Waals surface area contributed by atoms with E-state index in [0.717, 1.165) is 30.7 Å². The van der Waals surface area contributed by atoms with Crippen molar-refractivity contribution < 1.29 is 17.9 Å². The number of methoxy groups -OCH3 is 1. The van der Waals surface area contributed by atoms with Crippen LogP contribution in [0.15, 0.2) is 9.72 Å². The zero-order valence-corrected chi connectivity index (χ0v) is 13.7. The Hall–Kier alpha value is -1.03. The van der Waals surface area contributed by atoms with Crippen molar-refractivity contribution in [1.82, 2.24) is 14.6 Å². The lowest BCUT2D eigenvalue weighted by atomic mass is 10.00. The number of aromatic nitrogens is 1. The highest BCUT2D eigenvalue weighted by Gasteiger charge is 2.34. The minimum atomic E-state index is -3.69. The zero-order valence-electron chi connectivity index (χ0n) is 12.0.